The van der Waals surface area contributed by atoms with Crippen molar-refractivity contribution in [1.29, 1.82) is 0 Å². The molecular formula is C18H27N2O+. The lowest BCUT2D eigenvalue weighted by Crippen LogP contribution is -3.13. The van der Waals surface area contributed by atoms with Gasteiger partial charge in [-0.25, -0.2) is 0 Å². The number of aryl methyl sites for hydroxylation is 1. The summed E-state index contributed by atoms with van der Waals surface area (Å²) in [6.07, 6.45) is 6.96. The Balaban J connectivity index is 1.76. The van der Waals surface area contributed by atoms with Crippen molar-refractivity contribution >= 4 is 12.0 Å². The zero-order valence-electron chi connectivity index (χ0n) is 13.2. The second-order valence-corrected chi connectivity index (χ2v) is 6.03. The standard InChI is InChI=1S/C18H26N2O/c1-3-12-20-13-10-17(11-14-20)19-18(21)9-8-16-6-4-15(2)5-7-16/h4-9,17H,3,10-14H2,1-2H3,(H,19,21)/p+1/b9-8+. The maximum Gasteiger partial charge on any atom is 0.244 e. The number of quaternary nitrogens is 1. The van der Waals surface area contributed by atoms with Gasteiger partial charge in [0.25, 0.3) is 0 Å². The van der Waals surface area contributed by atoms with Crippen molar-refractivity contribution in [3.05, 3.63) is 41.5 Å². The van der Waals surface area contributed by atoms with Crippen LogP contribution < -0.4 is 10.2 Å². The molecule has 1 aromatic carbocycles. The van der Waals surface area contributed by atoms with Crippen molar-refractivity contribution in [3.63, 3.8) is 0 Å². The summed E-state index contributed by atoms with van der Waals surface area (Å²) in [5.41, 5.74) is 2.30. The molecule has 21 heavy (non-hydrogen) atoms. The van der Waals surface area contributed by atoms with Gasteiger partial charge in [0.15, 0.2) is 0 Å². The molecule has 1 aliphatic rings. The van der Waals surface area contributed by atoms with Crippen molar-refractivity contribution in [2.24, 2.45) is 0 Å². The first-order valence-corrected chi connectivity index (χ1v) is 8.06. The number of hydrogen-bond acceptors (Lipinski definition) is 1. The molecule has 1 aliphatic heterocycles. The first-order valence-electron chi connectivity index (χ1n) is 8.06. The van der Waals surface area contributed by atoms with Crippen molar-refractivity contribution in [2.45, 2.75) is 39.2 Å². The lowest BCUT2D eigenvalue weighted by atomic mass is 10.0. The topological polar surface area (TPSA) is 33.5 Å². The van der Waals surface area contributed by atoms with E-state index in [-0.39, 0.29) is 5.91 Å². The molecule has 3 heteroatoms. The number of piperidine rings is 1. The van der Waals surface area contributed by atoms with Crippen LogP contribution in [0.5, 0.6) is 0 Å². The van der Waals surface area contributed by atoms with Gasteiger partial charge in [-0.15, -0.1) is 0 Å². The van der Waals surface area contributed by atoms with E-state index in [0.717, 1.165) is 18.4 Å². The van der Waals surface area contributed by atoms with Crippen LogP contribution in [0.1, 0.15) is 37.3 Å². The first kappa shape index (κ1) is 15.8. The van der Waals surface area contributed by atoms with Crippen LogP contribution in [0.4, 0.5) is 0 Å². The highest BCUT2D eigenvalue weighted by Gasteiger charge is 2.21. The molecule has 114 valence electrons. The Morgan fingerprint density at radius 2 is 1.95 bits per heavy atom. The monoisotopic (exact) mass is 287 g/mol. The van der Waals surface area contributed by atoms with Crippen molar-refractivity contribution < 1.29 is 9.69 Å². The SMILES string of the molecule is CCC[NH+]1CCC(NC(=O)/C=C/c2ccc(C)cc2)CC1. The van der Waals surface area contributed by atoms with E-state index in [9.17, 15) is 4.79 Å². The van der Waals surface area contributed by atoms with Gasteiger partial charge in [0.1, 0.15) is 0 Å². The van der Waals surface area contributed by atoms with Crippen molar-refractivity contribution in [3.8, 4) is 0 Å². The average Bonchev–Trinajstić information content (AvgIpc) is 2.49. The molecule has 0 spiro atoms. The van der Waals surface area contributed by atoms with Gasteiger partial charge in [-0.2, -0.15) is 0 Å². The molecule has 2 N–H and O–H groups in total. The largest absolute Gasteiger partial charge is 0.349 e. The van der Waals surface area contributed by atoms with Crippen LogP contribution in [0.2, 0.25) is 0 Å². The van der Waals surface area contributed by atoms with Gasteiger partial charge in [0.05, 0.1) is 19.6 Å². The number of carbonyl (C=O) groups is 1. The third kappa shape index (κ3) is 5.35. The molecule has 1 heterocycles. The smallest absolute Gasteiger partial charge is 0.244 e. The zero-order valence-corrected chi connectivity index (χ0v) is 13.2. The molecule has 1 aromatic rings. The minimum atomic E-state index is 0.0273. The summed E-state index contributed by atoms with van der Waals surface area (Å²) in [7, 11) is 0. The average molecular weight is 287 g/mol. The van der Waals surface area contributed by atoms with E-state index in [1.54, 1.807) is 11.0 Å². The van der Waals surface area contributed by atoms with Crippen molar-refractivity contribution in [1.82, 2.24) is 5.32 Å². The molecule has 0 radical (unpaired) electrons. The predicted molar refractivity (Wildman–Crippen MR) is 87.2 cm³/mol. The molecule has 0 aliphatic carbocycles. The Bertz CT molecular complexity index is 470. The van der Waals surface area contributed by atoms with E-state index in [4.69, 9.17) is 0 Å². The highest BCUT2D eigenvalue weighted by molar-refractivity contribution is 5.91. The Kier molecular flexibility index (Phi) is 6.00. The van der Waals surface area contributed by atoms with Crippen LogP contribution in [-0.2, 0) is 4.79 Å². The van der Waals surface area contributed by atoms with Crippen LogP contribution in [0.25, 0.3) is 6.08 Å². The highest BCUT2D eigenvalue weighted by atomic mass is 16.1. The van der Waals surface area contributed by atoms with Crippen LogP contribution >= 0.6 is 0 Å². The van der Waals surface area contributed by atoms with Crippen LogP contribution in [0.3, 0.4) is 0 Å². The third-order valence-corrected chi connectivity index (χ3v) is 4.15. The second kappa shape index (κ2) is 7.99. The summed E-state index contributed by atoms with van der Waals surface area (Å²) in [6.45, 7) is 7.92. The minimum absolute atomic E-state index is 0.0273. The molecule has 3 nitrogen and oxygen atoms in total. The number of benzene rings is 1. The summed E-state index contributed by atoms with van der Waals surface area (Å²) < 4.78 is 0. The van der Waals surface area contributed by atoms with E-state index in [1.165, 1.54) is 31.6 Å². The van der Waals surface area contributed by atoms with Crippen LogP contribution in [-0.4, -0.2) is 31.6 Å². The molecule has 1 fully saturated rings. The molecule has 2 rings (SSSR count). The van der Waals surface area contributed by atoms with E-state index >= 15 is 0 Å². The molecule has 0 aromatic heterocycles. The van der Waals surface area contributed by atoms with Crippen LogP contribution in [0, 0.1) is 6.92 Å². The number of amides is 1. The second-order valence-electron chi connectivity index (χ2n) is 6.03. The predicted octanol–water partition coefficient (Wildman–Crippen LogP) is 1.58. The maximum atomic E-state index is 12.0. The van der Waals surface area contributed by atoms with Gasteiger partial charge < -0.3 is 10.2 Å². The molecule has 0 atom stereocenters. The fourth-order valence-electron chi connectivity index (χ4n) is 2.87. The zero-order chi connectivity index (χ0) is 15.1. The van der Waals surface area contributed by atoms with Gasteiger partial charge in [-0.1, -0.05) is 36.8 Å². The van der Waals surface area contributed by atoms with Gasteiger partial charge >= 0.3 is 0 Å². The Morgan fingerprint density at radius 1 is 1.29 bits per heavy atom. The molecule has 1 saturated heterocycles. The summed E-state index contributed by atoms with van der Waals surface area (Å²) in [5.74, 6) is 0.0273. The lowest BCUT2D eigenvalue weighted by molar-refractivity contribution is -0.905. The summed E-state index contributed by atoms with van der Waals surface area (Å²) in [4.78, 5) is 13.6. The normalized spacial score (nSPS) is 22.4. The van der Waals surface area contributed by atoms with Crippen LogP contribution in [0.15, 0.2) is 30.3 Å². The summed E-state index contributed by atoms with van der Waals surface area (Å²) >= 11 is 0. The van der Waals surface area contributed by atoms with E-state index < -0.39 is 0 Å². The Hall–Kier alpha value is -1.61. The fourth-order valence-corrected chi connectivity index (χ4v) is 2.87. The number of hydrogen-bond donors (Lipinski definition) is 2. The first-order chi connectivity index (χ1) is 10.2. The summed E-state index contributed by atoms with van der Waals surface area (Å²) in [5, 5.41) is 3.12. The van der Waals surface area contributed by atoms with Gasteiger partial charge in [0.2, 0.25) is 5.91 Å². The Morgan fingerprint density at radius 3 is 2.57 bits per heavy atom. The molecular weight excluding hydrogens is 260 g/mol. The molecule has 0 unspecified atom stereocenters. The van der Waals surface area contributed by atoms with Gasteiger partial charge in [-0.3, -0.25) is 4.79 Å². The summed E-state index contributed by atoms with van der Waals surface area (Å²) in [6, 6.07) is 8.53. The number of likely N-dealkylation sites (tertiary alicyclic amines) is 1. The highest BCUT2D eigenvalue weighted by Crippen LogP contribution is 2.05. The third-order valence-electron chi connectivity index (χ3n) is 4.15. The fraction of sp³-hybridized carbons (Fsp3) is 0.500. The number of carbonyl (C=O) groups excluding carboxylic acids is 1. The van der Waals surface area contributed by atoms with E-state index in [0.29, 0.717) is 6.04 Å². The lowest BCUT2D eigenvalue weighted by Gasteiger charge is -2.29. The minimum Gasteiger partial charge on any atom is -0.349 e. The quantitative estimate of drug-likeness (QED) is 0.792. The van der Waals surface area contributed by atoms with Gasteiger partial charge in [-0.05, 0) is 25.0 Å². The number of nitrogens with one attached hydrogen (secondary N) is 2. The number of rotatable bonds is 5. The molecule has 0 bridgehead atoms. The molecule has 1 amide bonds. The van der Waals surface area contributed by atoms with E-state index in [1.807, 2.05) is 18.2 Å². The van der Waals surface area contributed by atoms with Crippen molar-refractivity contribution in [2.75, 3.05) is 19.6 Å². The van der Waals surface area contributed by atoms with Gasteiger partial charge in [0, 0.05) is 25.0 Å². The maximum absolute atomic E-state index is 12.0. The molecule has 0 saturated carbocycles. The van der Waals surface area contributed by atoms with E-state index in [2.05, 4.69) is 31.3 Å². The Labute approximate surface area is 128 Å².